The van der Waals surface area contributed by atoms with E-state index in [-0.39, 0.29) is 0 Å². The molecule has 2 aromatic heterocycles. The van der Waals surface area contributed by atoms with E-state index in [0.717, 1.165) is 22.1 Å². The van der Waals surface area contributed by atoms with Crippen molar-refractivity contribution in [3.63, 3.8) is 0 Å². The van der Waals surface area contributed by atoms with E-state index >= 15 is 0 Å². The van der Waals surface area contributed by atoms with Crippen LogP contribution in [0.5, 0.6) is 0 Å². The van der Waals surface area contributed by atoms with E-state index in [0.29, 0.717) is 17.2 Å². The van der Waals surface area contributed by atoms with E-state index in [1.54, 1.807) is 24.5 Å². The van der Waals surface area contributed by atoms with E-state index in [2.05, 4.69) is 15.0 Å². The van der Waals surface area contributed by atoms with Gasteiger partial charge in [-0.1, -0.05) is 0 Å². The first kappa shape index (κ1) is 10.9. The van der Waals surface area contributed by atoms with Crippen LogP contribution in [0, 0.1) is 0 Å². The number of aromatic nitrogens is 3. The Bertz CT molecular complexity index is 929. The molecule has 0 aliphatic carbocycles. The third kappa shape index (κ3) is 1.68. The van der Waals surface area contributed by atoms with Gasteiger partial charge in [0.05, 0.1) is 11.0 Å². The maximum atomic E-state index is 5.75. The molecule has 0 amide bonds. The number of rotatable bonds is 1. The lowest BCUT2D eigenvalue weighted by atomic mass is 10.2. The van der Waals surface area contributed by atoms with Crippen molar-refractivity contribution in [2.45, 2.75) is 0 Å². The fourth-order valence-corrected chi connectivity index (χ4v) is 2.16. The standard InChI is InChI=1S/C15H10N4O/c16-10-2-4-14-13(8-10)19-15(20-14)9-1-3-11-12(7-9)18-6-5-17-11/h1-8H,16H2. The topological polar surface area (TPSA) is 77.8 Å². The van der Waals surface area contributed by atoms with E-state index < -0.39 is 0 Å². The number of hydrogen-bond donors (Lipinski definition) is 1. The Morgan fingerprint density at radius 1 is 0.850 bits per heavy atom. The number of nitrogens with zero attached hydrogens (tertiary/aromatic N) is 3. The van der Waals surface area contributed by atoms with E-state index in [4.69, 9.17) is 10.2 Å². The minimum absolute atomic E-state index is 0.554. The first-order valence-electron chi connectivity index (χ1n) is 6.17. The lowest BCUT2D eigenvalue weighted by Crippen LogP contribution is -1.84. The summed E-state index contributed by atoms with van der Waals surface area (Å²) in [6.07, 6.45) is 3.34. The van der Waals surface area contributed by atoms with E-state index in [1.807, 2.05) is 24.3 Å². The summed E-state index contributed by atoms with van der Waals surface area (Å²) in [5, 5.41) is 0. The molecule has 2 N–H and O–H groups in total. The fourth-order valence-electron chi connectivity index (χ4n) is 2.16. The van der Waals surface area contributed by atoms with Crippen LogP contribution in [0.3, 0.4) is 0 Å². The Kier molecular flexibility index (Phi) is 2.20. The summed E-state index contributed by atoms with van der Waals surface area (Å²) in [4.78, 5) is 13.0. The molecule has 0 saturated carbocycles. The third-order valence-corrected chi connectivity index (χ3v) is 3.13. The Hall–Kier alpha value is -2.95. The van der Waals surface area contributed by atoms with Gasteiger partial charge in [0.2, 0.25) is 5.89 Å². The summed E-state index contributed by atoms with van der Waals surface area (Å²) in [6.45, 7) is 0. The second-order valence-corrected chi connectivity index (χ2v) is 4.51. The van der Waals surface area contributed by atoms with Gasteiger partial charge in [0, 0.05) is 23.6 Å². The van der Waals surface area contributed by atoms with Gasteiger partial charge in [0.1, 0.15) is 5.52 Å². The van der Waals surface area contributed by atoms with Crippen molar-refractivity contribution in [1.82, 2.24) is 15.0 Å². The summed E-state index contributed by atoms with van der Waals surface area (Å²) in [5.41, 5.74) is 10.4. The molecule has 0 aliphatic rings. The summed E-state index contributed by atoms with van der Waals surface area (Å²) in [7, 11) is 0. The van der Waals surface area contributed by atoms with Crippen molar-refractivity contribution in [2.24, 2.45) is 0 Å². The number of nitrogens with two attached hydrogens (primary N) is 1. The van der Waals surface area contributed by atoms with Gasteiger partial charge in [-0.05, 0) is 36.4 Å². The number of benzene rings is 2. The number of anilines is 1. The monoisotopic (exact) mass is 262 g/mol. The molecular formula is C15H10N4O. The summed E-state index contributed by atoms with van der Waals surface area (Å²) >= 11 is 0. The Balaban J connectivity index is 1.91. The molecule has 0 radical (unpaired) electrons. The third-order valence-electron chi connectivity index (χ3n) is 3.13. The quantitative estimate of drug-likeness (QED) is 0.533. The molecule has 0 bridgehead atoms. The van der Waals surface area contributed by atoms with Gasteiger partial charge in [-0.2, -0.15) is 0 Å². The first-order chi connectivity index (χ1) is 9.79. The van der Waals surface area contributed by atoms with Crippen molar-refractivity contribution in [3.8, 4) is 11.5 Å². The number of hydrogen-bond acceptors (Lipinski definition) is 5. The van der Waals surface area contributed by atoms with Gasteiger partial charge in [0.25, 0.3) is 0 Å². The second-order valence-electron chi connectivity index (χ2n) is 4.51. The van der Waals surface area contributed by atoms with Crippen LogP contribution < -0.4 is 5.73 Å². The van der Waals surface area contributed by atoms with Crippen molar-refractivity contribution in [3.05, 3.63) is 48.8 Å². The van der Waals surface area contributed by atoms with Crippen LogP contribution in [0.1, 0.15) is 0 Å². The number of fused-ring (bicyclic) bond motifs is 2. The zero-order valence-electron chi connectivity index (χ0n) is 10.4. The van der Waals surface area contributed by atoms with Crippen LogP contribution in [0.4, 0.5) is 5.69 Å². The highest BCUT2D eigenvalue weighted by Crippen LogP contribution is 2.26. The molecule has 0 saturated heterocycles. The zero-order chi connectivity index (χ0) is 13.5. The van der Waals surface area contributed by atoms with Crippen LogP contribution >= 0.6 is 0 Å². The predicted molar refractivity (Wildman–Crippen MR) is 77.0 cm³/mol. The maximum Gasteiger partial charge on any atom is 0.227 e. The first-order valence-corrected chi connectivity index (χ1v) is 6.17. The molecule has 2 aromatic carbocycles. The van der Waals surface area contributed by atoms with Crippen molar-refractivity contribution in [1.29, 1.82) is 0 Å². The normalized spacial score (nSPS) is 11.2. The minimum atomic E-state index is 0.554. The van der Waals surface area contributed by atoms with E-state index in [1.165, 1.54) is 0 Å². The molecule has 4 rings (SSSR count). The summed E-state index contributed by atoms with van der Waals surface area (Å²) in [5.74, 6) is 0.554. The van der Waals surface area contributed by atoms with Crippen molar-refractivity contribution in [2.75, 3.05) is 5.73 Å². The van der Waals surface area contributed by atoms with Crippen molar-refractivity contribution < 1.29 is 4.42 Å². The smallest absolute Gasteiger partial charge is 0.227 e. The second kappa shape index (κ2) is 4.03. The fraction of sp³-hybridized carbons (Fsp3) is 0. The van der Waals surface area contributed by atoms with Gasteiger partial charge in [-0.25, -0.2) is 4.98 Å². The summed E-state index contributed by atoms with van der Waals surface area (Å²) < 4.78 is 5.74. The van der Waals surface area contributed by atoms with Gasteiger partial charge in [0.15, 0.2) is 5.58 Å². The SMILES string of the molecule is Nc1ccc2oc(-c3ccc4nccnc4c3)nc2c1. The number of nitrogen functional groups attached to an aromatic ring is 1. The molecule has 2 heterocycles. The molecule has 96 valence electrons. The lowest BCUT2D eigenvalue weighted by molar-refractivity contribution is 0.620. The molecule has 0 unspecified atom stereocenters. The molecule has 5 nitrogen and oxygen atoms in total. The Morgan fingerprint density at radius 3 is 2.60 bits per heavy atom. The molecule has 0 fully saturated rings. The van der Waals surface area contributed by atoms with Crippen LogP contribution in [-0.4, -0.2) is 15.0 Å². The van der Waals surface area contributed by atoms with E-state index in [9.17, 15) is 0 Å². The van der Waals surface area contributed by atoms with Crippen LogP contribution in [0.2, 0.25) is 0 Å². The highest BCUT2D eigenvalue weighted by atomic mass is 16.3. The molecule has 0 atom stereocenters. The molecular weight excluding hydrogens is 252 g/mol. The van der Waals surface area contributed by atoms with Crippen LogP contribution in [-0.2, 0) is 0 Å². The van der Waals surface area contributed by atoms with Gasteiger partial charge < -0.3 is 10.2 Å². The highest BCUT2D eigenvalue weighted by Gasteiger charge is 2.09. The van der Waals surface area contributed by atoms with Crippen molar-refractivity contribution >= 4 is 27.8 Å². The maximum absolute atomic E-state index is 5.75. The average Bonchev–Trinajstić information content (AvgIpc) is 2.89. The lowest BCUT2D eigenvalue weighted by Gasteiger charge is -1.98. The average molecular weight is 262 g/mol. The Labute approximate surface area is 114 Å². The molecule has 0 spiro atoms. The Morgan fingerprint density at radius 2 is 1.70 bits per heavy atom. The van der Waals surface area contributed by atoms with Crippen LogP contribution in [0.15, 0.2) is 53.2 Å². The van der Waals surface area contributed by atoms with Gasteiger partial charge in [-0.3, -0.25) is 9.97 Å². The van der Waals surface area contributed by atoms with Crippen LogP contribution in [0.25, 0.3) is 33.6 Å². The number of oxazole rings is 1. The molecule has 4 aromatic rings. The largest absolute Gasteiger partial charge is 0.436 e. The molecule has 0 aliphatic heterocycles. The van der Waals surface area contributed by atoms with Gasteiger partial charge in [-0.15, -0.1) is 0 Å². The molecule has 5 heteroatoms. The summed E-state index contributed by atoms with van der Waals surface area (Å²) in [6, 6.07) is 11.1. The minimum Gasteiger partial charge on any atom is -0.436 e. The molecule has 20 heavy (non-hydrogen) atoms. The zero-order valence-corrected chi connectivity index (χ0v) is 10.4. The van der Waals surface area contributed by atoms with Gasteiger partial charge >= 0.3 is 0 Å². The predicted octanol–water partition coefficient (Wildman–Crippen LogP) is 3.02. The highest BCUT2D eigenvalue weighted by molar-refractivity contribution is 5.82.